The molecule has 0 aromatic heterocycles. The van der Waals surface area contributed by atoms with E-state index in [9.17, 15) is 0 Å². The maximum atomic E-state index is 5.30. The van der Waals surface area contributed by atoms with Crippen molar-refractivity contribution < 1.29 is 4.74 Å². The Morgan fingerprint density at radius 2 is 1.90 bits per heavy atom. The van der Waals surface area contributed by atoms with Crippen LogP contribution in [0.5, 0.6) is 5.75 Å². The van der Waals surface area contributed by atoms with Crippen molar-refractivity contribution >= 4 is 22.6 Å². The maximum absolute atomic E-state index is 5.30. The molecule has 1 unspecified atom stereocenters. The summed E-state index contributed by atoms with van der Waals surface area (Å²) < 4.78 is 6.58. The maximum Gasteiger partial charge on any atom is 0.119 e. The van der Waals surface area contributed by atoms with Gasteiger partial charge in [0.05, 0.1) is 13.2 Å². The van der Waals surface area contributed by atoms with Crippen molar-refractivity contribution in [2.75, 3.05) is 13.7 Å². The van der Waals surface area contributed by atoms with Gasteiger partial charge in [0.1, 0.15) is 5.75 Å². The summed E-state index contributed by atoms with van der Waals surface area (Å²) in [5.41, 5.74) is 3.87. The Labute approximate surface area is 134 Å². The molecular formula is C17H20INO. The average molecular weight is 381 g/mol. The molecule has 0 aliphatic rings. The van der Waals surface area contributed by atoms with Gasteiger partial charge in [-0.25, -0.2) is 0 Å². The molecule has 2 rings (SSSR count). The van der Waals surface area contributed by atoms with Gasteiger partial charge in [0, 0.05) is 3.57 Å². The minimum absolute atomic E-state index is 0.221. The van der Waals surface area contributed by atoms with Crippen molar-refractivity contribution in [3.8, 4) is 5.75 Å². The van der Waals surface area contributed by atoms with Crippen LogP contribution in [0.4, 0.5) is 0 Å². The van der Waals surface area contributed by atoms with Gasteiger partial charge in [0.15, 0.2) is 0 Å². The standard InChI is InChI=1S/C17H20INO/c1-4-19-17(15-7-5-6-8-16(15)18)14-10-9-13(20-3)11-12(14)2/h5-11,17,19H,4H2,1-3H3. The first kappa shape index (κ1) is 15.3. The highest BCUT2D eigenvalue weighted by molar-refractivity contribution is 14.1. The Hall–Kier alpha value is -1.07. The van der Waals surface area contributed by atoms with Crippen LogP contribution in [0.15, 0.2) is 42.5 Å². The van der Waals surface area contributed by atoms with Gasteiger partial charge < -0.3 is 10.1 Å². The quantitative estimate of drug-likeness (QED) is 0.780. The van der Waals surface area contributed by atoms with E-state index in [-0.39, 0.29) is 6.04 Å². The second kappa shape index (κ2) is 7.09. The molecule has 1 N–H and O–H groups in total. The van der Waals surface area contributed by atoms with Gasteiger partial charge in [-0.2, -0.15) is 0 Å². The van der Waals surface area contributed by atoms with Gasteiger partial charge in [-0.15, -0.1) is 0 Å². The summed E-state index contributed by atoms with van der Waals surface area (Å²) in [6, 6.07) is 15.0. The highest BCUT2D eigenvalue weighted by Crippen LogP contribution is 2.30. The number of halogens is 1. The number of aryl methyl sites for hydroxylation is 1. The van der Waals surface area contributed by atoms with Gasteiger partial charge >= 0.3 is 0 Å². The molecule has 0 heterocycles. The molecule has 0 spiro atoms. The molecule has 3 heteroatoms. The van der Waals surface area contributed by atoms with Crippen LogP contribution >= 0.6 is 22.6 Å². The Morgan fingerprint density at radius 1 is 1.15 bits per heavy atom. The van der Waals surface area contributed by atoms with Crippen molar-refractivity contribution in [3.63, 3.8) is 0 Å². The van der Waals surface area contributed by atoms with E-state index >= 15 is 0 Å². The molecule has 2 aromatic rings. The number of hydrogen-bond acceptors (Lipinski definition) is 2. The van der Waals surface area contributed by atoms with E-state index in [1.807, 2.05) is 6.07 Å². The second-order valence-electron chi connectivity index (χ2n) is 4.73. The number of hydrogen-bond donors (Lipinski definition) is 1. The van der Waals surface area contributed by atoms with Crippen LogP contribution in [0.3, 0.4) is 0 Å². The van der Waals surface area contributed by atoms with E-state index in [1.54, 1.807) is 7.11 Å². The van der Waals surface area contributed by atoms with E-state index in [1.165, 1.54) is 20.3 Å². The number of nitrogens with one attached hydrogen (secondary N) is 1. The first-order valence-electron chi connectivity index (χ1n) is 6.79. The van der Waals surface area contributed by atoms with Gasteiger partial charge in [0.25, 0.3) is 0 Å². The van der Waals surface area contributed by atoms with Crippen LogP contribution in [0.25, 0.3) is 0 Å². The van der Waals surface area contributed by atoms with E-state index in [2.05, 4.69) is 78.2 Å². The molecule has 2 aromatic carbocycles. The highest BCUT2D eigenvalue weighted by atomic mass is 127. The number of methoxy groups -OCH3 is 1. The van der Waals surface area contributed by atoms with E-state index in [0.717, 1.165) is 12.3 Å². The minimum atomic E-state index is 0.221. The third-order valence-corrected chi connectivity index (χ3v) is 4.39. The Bertz CT molecular complexity index is 583. The topological polar surface area (TPSA) is 21.3 Å². The summed E-state index contributed by atoms with van der Waals surface area (Å²) in [6.07, 6.45) is 0. The first-order chi connectivity index (χ1) is 9.67. The lowest BCUT2D eigenvalue weighted by Gasteiger charge is -2.22. The van der Waals surface area contributed by atoms with Crippen molar-refractivity contribution in [2.45, 2.75) is 19.9 Å². The molecule has 106 valence electrons. The molecule has 0 aliphatic heterocycles. The smallest absolute Gasteiger partial charge is 0.119 e. The summed E-state index contributed by atoms with van der Waals surface area (Å²) in [5, 5.41) is 3.59. The van der Waals surface area contributed by atoms with E-state index in [4.69, 9.17) is 4.74 Å². The van der Waals surface area contributed by atoms with Gasteiger partial charge in [-0.3, -0.25) is 0 Å². The van der Waals surface area contributed by atoms with E-state index in [0.29, 0.717) is 0 Å². The third-order valence-electron chi connectivity index (χ3n) is 3.41. The Kier molecular flexibility index (Phi) is 5.43. The summed E-state index contributed by atoms with van der Waals surface area (Å²) in [6.45, 7) is 5.21. The van der Waals surface area contributed by atoms with Crippen LogP contribution in [-0.2, 0) is 0 Å². The fourth-order valence-corrected chi connectivity index (χ4v) is 3.10. The number of rotatable bonds is 5. The lowest BCUT2D eigenvalue weighted by molar-refractivity contribution is 0.414. The van der Waals surface area contributed by atoms with Crippen LogP contribution < -0.4 is 10.1 Å². The van der Waals surface area contributed by atoms with Crippen molar-refractivity contribution in [3.05, 3.63) is 62.7 Å². The molecule has 0 radical (unpaired) electrons. The third kappa shape index (κ3) is 3.33. The molecule has 0 aliphatic carbocycles. The van der Waals surface area contributed by atoms with Crippen LogP contribution in [0.1, 0.15) is 29.7 Å². The molecule has 0 saturated heterocycles. The van der Waals surface area contributed by atoms with Crippen molar-refractivity contribution in [1.82, 2.24) is 5.32 Å². The predicted octanol–water partition coefficient (Wildman–Crippen LogP) is 4.31. The summed E-state index contributed by atoms with van der Waals surface area (Å²) in [4.78, 5) is 0. The van der Waals surface area contributed by atoms with Crippen LogP contribution in [-0.4, -0.2) is 13.7 Å². The highest BCUT2D eigenvalue weighted by Gasteiger charge is 2.17. The lowest BCUT2D eigenvalue weighted by atomic mass is 9.95. The van der Waals surface area contributed by atoms with Crippen LogP contribution in [0, 0.1) is 10.5 Å². The molecule has 0 fully saturated rings. The summed E-state index contributed by atoms with van der Waals surface area (Å²) in [7, 11) is 1.70. The zero-order valence-corrected chi connectivity index (χ0v) is 14.3. The van der Waals surface area contributed by atoms with E-state index < -0.39 is 0 Å². The summed E-state index contributed by atoms with van der Waals surface area (Å²) in [5.74, 6) is 0.907. The molecule has 20 heavy (non-hydrogen) atoms. The molecule has 0 bridgehead atoms. The average Bonchev–Trinajstić information content (AvgIpc) is 2.46. The Balaban J connectivity index is 2.46. The lowest BCUT2D eigenvalue weighted by Crippen LogP contribution is -2.23. The minimum Gasteiger partial charge on any atom is -0.497 e. The predicted molar refractivity (Wildman–Crippen MR) is 92.4 cm³/mol. The zero-order chi connectivity index (χ0) is 14.5. The number of benzene rings is 2. The SMILES string of the molecule is CCNC(c1ccc(OC)cc1C)c1ccccc1I. The molecule has 2 nitrogen and oxygen atoms in total. The normalized spacial score (nSPS) is 12.2. The van der Waals surface area contributed by atoms with Gasteiger partial charge in [-0.1, -0.05) is 31.2 Å². The molecule has 0 saturated carbocycles. The molecular weight excluding hydrogens is 361 g/mol. The van der Waals surface area contributed by atoms with Crippen LogP contribution in [0.2, 0.25) is 0 Å². The van der Waals surface area contributed by atoms with Crippen molar-refractivity contribution in [2.24, 2.45) is 0 Å². The fraction of sp³-hybridized carbons (Fsp3) is 0.294. The molecule has 1 atom stereocenters. The van der Waals surface area contributed by atoms with Crippen molar-refractivity contribution in [1.29, 1.82) is 0 Å². The molecule has 0 amide bonds. The first-order valence-corrected chi connectivity index (χ1v) is 7.87. The largest absolute Gasteiger partial charge is 0.497 e. The zero-order valence-electron chi connectivity index (χ0n) is 12.1. The second-order valence-corrected chi connectivity index (χ2v) is 5.90. The fourth-order valence-electron chi connectivity index (χ4n) is 2.40. The summed E-state index contributed by atoms with van der Waals surface area (Å²) >= 11 is 2.40. The number of ether oxygens (including phenoxy) is 1. The Morgan fingerprint density at radius 3 is 2.50 bits per heavy atom. The monoisotopic (exact) mass is 381 g/mol. The van der Waals surface area contributed by atoms with Gasteiger partial charge in [0.2, 0.25) is 0 Å². The van der Waals surface area contributed by atoms with Gasteiger partial charge in [-0.05, 0) is 70.9 Å².